The smallest absolute Gasteiger partial charge is 0.123 e. The first-order valence-corrected chi connectivity index (χ1v) is 7.14. The molecular weight excluding hydrogens is 258 g/mol. The van der Waals surface area contributed by atoms with E-state index < -0.39 is 0 Å². The molecule has 1 aliphatic carbocycles. The molecule has 1 saturated carbocycles. The van der Waals surface area contributed by atoms with Gasteiger partial charge < -0.3 is 9.64 Å². The Morgan fingerprint density at radius 2 is 2.05 bits per heavy atom. The van der Waals surface area contributed by atoms with E-state index in [1.54, 1.807) is 0 Å². The summed E-state index contributed by atoms with van der Waals surface area (Å²) in [5, 5.41) is 0. The Balaban J connectivity index is 0.00000133. The van der Waals surface area contributed by atoms with Crippen LogP contribution in [0.25, 0.3) is 0 Å². The van der Waals surface area contributed by atoms with Gasteiger partial charge in [-0.3, -0.25) is 0 Å². The number of para-hydroxylation sites is 1. The van der Waals surface area contributed by atoms with Crippen molar-refractivity contribution < 1.29 is 4.74 Å². The molecule has 0 aromatic heterocycles. The Hall–Kier alpha value is -0.730. The molecular formula is C16H24ClNO. The molecule has 106 valence electrons. The van der Waals surface area contributed by atoms with Gasteiger partial charge in [-0.1, -0.05) is 24.6 Å². The normalized spacial score (nSPS) is 28.3. The Kier molecular flexibility index (Phi) is 4.42. The lowest BCUT2D eigenvalue weighted by atomic mass is 9.72. The summed E-state index contributed by atoms with van der Waals surface area (Å²) < 4.78 is 6.42. The highest BCUT2D eigenvalue weighted by Crippen LogP contribution is 2.53. The maximum Gasteiger partial charge on any atom is 0.123 e. The second-order valence-electron chi connectivity index (χ2n) is 6.06. The van der Waals surface area contributed by atoms with Crippen LogP contribution in [-0.4, -0.2) is 31.1 Å². The number of rotatable bonds is 3. The van der Waals surface area contributed by atoms with Crippen molar-refractivity contribution in [1.82, 2.24) is 4.90 Å². The van der Waals surface area contributed by atoms with Crippen LogP contribution >= 0.6 is 12.4 Å². The molecule has 19 heavy (non-hydrogen) atoms. The molecule has 3 rings (SSSR count). The van der Waals surface area contributed by atoms with Gasteiger partial charge in [0.2, 0.25) is 0 Å². The fourth-order valence-corrected chi connectivity index (χ4v) is 3.61. The molecule has 3 heteroatoms. The van der Waals surface area contributed by atoms with Gasteiger partial charge in [0.1, 0.15) is 11.4 Å². The second-order valence-corrected chi connectivity index (χ2v) is 6.06. The van der Waals surface area contributed by atoms with Crippen LogP contribution < -0.4 is 4.74 Å². The molecule has 0 radical (unpaired) electrons. The predicted molar refractivity (Wildman–Crippen MR) is 81.4 cm³/mol. The van der Waals surface area contributed by atoms with Crippen LogP contribution in [0.2, 0.25) is 0 Å². The lowest BCUT2D eigenvalue weighted by Crippen LogP contribution is -2.42. The Bertz CT molecular complexity index is 435. The second kappa shape index (κ2) is 5.72. The minimum absolute atomic E-state index is 0. The fraction of sp³-hybridized carbons (Fsp3) is 0.625. The highest BCUT2D eigenvalue weighted by molar-refractivity contribution is 5.85. The monoisotopic (exact) mass is 281 g/mol. The van der Waals surface area contributed by atoms with Crippen molar-refractivity contribution in [2.75, 3.05) is 20.6 Å². The van der Waals surface area contributed by atoms with Gasteiger partial charge in [0.05, 0.1) is 0 Å². The molecule has 1 aromatic rings. The number of benzene rings is 1. The minimum atomic E-state index is 0. The van der Waals surface area contributed by atoms with E-state index in [9.17, 15) is 0 Å². The van der Waals surface area contributed by atoms with Gasteiger partial charge in [0.15, 0.2) is 0 Å². The maximum atomic E-state index is 6.42. The Labute approximate surface area is 122 Å². The van der Waals surface area contributed by atoms with Gasteiger partial charge in [-0.05, 0) is 39.4 Å². The minimum Gasteiger partial charge on any atom is -0.486 e. The van der Waals surface area contributed by atoms with Crippen molar-refractivity contribution in [2.24, 2.45) is 0 Å². The van der Waals surface area contributed by atoms with Crippen LogP contribution in [0.4, 0.5) is 0 Å². The van der Waals surface area contributed by atoms with Gasteiger partial charge >= 0.3 is 0 Å². The van der Waals surface area contributed by atoms with E-state index in [-0.39, 0.29) is 18.0 Å². The highest BCUT2D eigenvalue weighted by Gasteiger charge is 2.48. The first kappa shape index (κ1) is 14.7. The lowest BCUT2D eigenvalue weighted by molar-refractivity contribution is 0.0214. The summed E-state index contributed by atoms with van der Waals surface area (Å²) in [5.74, 6) is 1.77. The molecule has 2 unspecified atom stereocenters. The first-order chi connectivity index (χ1) is 8.71. The van der Waals surface area contributed by atoms with E-state index in [4.69, 9.17) is 4.74 Å². The number of hydrogen-bond acceptors (Lipinski definition) is 2. The Morgan fingerprint density at radius 3 is 2.84 bits per heavy atom. The van der Waals surface area contributed by atoms with E-state index in [1.807, 2.05) is 0 Å². The third-order valence-corrected chi connectivity index (χ3v) is 4.57. The third kappa shape index (κ3) is 2.61. The third-order valence-electron chi connectivity index (χ3n) is 4.57. The standard InChI is InChI=1S/C16H23NO.ClH/c1-17(2)12-11-16-10-6-5-8-14(16)13-7-3-4-9-15(13)18-16;/h3-4,7,9,14H,5-6,8,10-12H2,1-2H3;1H. The lowest BCUT2D eigenvalue weighted by Gasteiger charge is -2.39. The van der Waals surface area contributed by atoms with Gasteiger partial charge in [0, 0.05) is 24.4 Å². The molecule has 0 amide bonds. The van der Waals surface area contributed by atoms with Crippen molar-refractivity contribution in [3.63, 3.8) is 0 Å². The molecule has 1 aliphatic heterocycles. The van der Waals surface area contributed by atoms with Crippen molar-refractivity contribution >= 4 is 12.4 Å². The summed E-state index contributed by atoms with van der Waals surface area (Å²) in [5.41, 5.74) is 1.54. The molecule has 2 atom stereocenters. The van der Waals surface area contributed by atoms with Crippen molar-refractivity contribution in [1.29, 1.82) is 0 Å². The summed E-state index contributed by atoms with van der Waals surface area (Å²) in [4.78, 5) is 2.27. The average Bonchev–Trinajstić information content (AvgIpc) is 2.71. The van der Waals surface area contributed by atoms with Crippen LogP contribution in [0.5, 0.6) is 5.75 Å². The van der Waals surface area contributed by atoms with E-state index in [2.05, 4.69) is 43.3 Å². The summed E-state index contributed by atoms with van der Waals surface area (Å²) in [6.45, 7) is 1.12. The van der Waals surface area contributed by atoms with Crippen LogP contribution in [0, 0.1) is 0 Å². The van der Waals surface area contributed by atoms with E-state index in [0.717, 1.165) is 18.7 Å². The Morgan fingerprint density at radius 1 is 1.26 bits per heavy atom. The maximum absolute atomic E-state index is 6.42. The predicted octanol–water partition coefficient (Wildman–Crippen LogP) is 3.85. The fourth-order valence-electron chi connectivity index (χ4n) is 3.61. The van der Waals surface area contributed by atoms with Crippen molar-refractivity contribution in [2.45, 2.75) is 43.6 Å². The van der Waals surface area contributed by atoms with Crippen LogP contribution in [0.1, 0.15) is 43.6 Å². The number of hydrogen-bond donors (Lipinski definition) is 0. The van der Waals surface area contributed by atoms with Gasteiger partial charge in [0.25, 0.3) is 0 Å². The van der Waals surface area contributed by atoms with Crippen molar-refractivity contribution in [3.05, 3.63) is 29.8 Å². The zero-order valence-electron chi connectivity index (χ0n) is 11.9. The number of nitrogens with zero attached hydrogens (tertiary/aromatic N) is 1. The summed E-state index contributed by atoms with van der Waals surface area (Å²) >= 11 is 0. The van der Waals surface area contributed by atoms with Crippen LogP contribution in [0.3, 0.4) is 0 Å². The summed E-state index contributed by atoms with van der Waals surface area (Å²) in [6, 6.07) is 8.66. The molecule has 2 nitrogen and oxygen atoms in total. The highest BCUT2D eigenvalue weighted by atomic mass is 35.5. The molecule has 1 heterocycles. The van der Waals surface area contributed by atoms with Crippen molar-refractivity contribution in [3.8, 4) is 5.75 Å². The van der Waals surface area contributed by atoms with E-state index in [0.29, 0.717) is 5.92 Å². The zero-order chi connectivity index (χ0) is 12.6. The number of ether oxygens (including phenoxy) is 1. The molecule has 0 bridgehead atoms. The van der Waals surface area contributed by atoms with Crippen LogP contribution in [-0.2, 0) is 0 Å². The SMILES string of the molecule is CN(C)CCC12CCCCC1c1ccccc1O2.Cl. The topological polar surface area (TPSA) is 12.5 Å². The number of halogens is 1. The molecule has 0 N–H and O–H groups in total. The molecule has 2 aliphatic rings. The van der Waals surface area contributed by atoms with Gasteiger partial charge in [-0.25, -0.2) is 0 Å². The number of fused-ring (bicyclic) bond motifs is 3. The average molecular weight is 282 g/mol. The summed E-state index contributed by atoms with van der Waals surface area (Å²) in [6.07, 6.45) is 6.34. The largest absolute Gasteiger partial charge is 0.486 e. The first-order valence-electron chi connectivity index (χ1n) is 7.14. The molecule has 1 fully saturated rings. The van der Waals surface area contributed by atoms with Gasteiger partial charge in [-0.15, -0.1) is 12.4 Å². The zero-order valence-corrected chi connectivity index (χ0v) is 12.7. The van der Waals surface area contributed by atoms with Gasteiger partial charge in [-0.2, -0.15) is 0 Å². The molecule has 0 saturated heterocycles. The molecule has 1 aromatic carbocycles. The van der Waals surface area contributed by atoms with Crippen LogP contribution in [0.15, 0.2) is 24.3 Å². The molecule has 0 spiro atoms. The summed E-state index contributed by atoms with van der Waals surface area (Å²) in [7, 11) is 4.30. The van der Waals surface area contributed by atoms with E-state index in [1.165, 1.54) is 31.2 Å². The van der Waals surface area contributed by atoms with E-state index >= 15 is 0 Å². The quantitative estimate of drug-likeness (QED) is 0.834.